The average molecular weight is 460 g/mol. The van der Waals surface area contributed by atoms with E-state index in [2.05, 4.69) is 15.7 Å². The standard InChI is InChI=1S/C23H23F3N4O3/c1-3-33-18-11-9-16(10-12-18)21(31)28-15(2)13-27-22(32)19-14-30(17-7-5-4-6-8-17)29-20(19)23(24,25)26/h4-12,14-15H,3,13H2,1-2H3,(H,27,32)(H,28,31). The number of halogens is 3. The van der Waals surface area contributed by atoms with E-state index >= 15 is 0 Å². The second-order valence-corrected chi connectivity index (χ2v) is 7.21. The first-order valence-electron chi connectivity index (χ1n) is 10.2. The fourth-order valence-electron chi connectivity index (χ4n) is 3.03. The van der Waals surface area contributed by atoms with Gasteiger partial charge in [-0.05, 0) is 50.2 Å². The Kier molecular flexibility index (Phi) is 7.37. The molecule has 0 aliphatic rings. The van der Waals surface area contributed by atoms with E-state index in [1.165, 1.54) is 0 Å². The summed E-state index contributed by atoms with van der Waals surface area (Å²) in [5.74, 6) is -0.690. The van der Waals surface area contributed by atoms with E-state index in [0.29, 0.717) is 23.6 Å². The average Bonchev–Trinajstić information content (AvgIpc) is 3.25. The molecule has 174 valence electrons. The summed E-state index contributed by atoms with van der Waals surface area (Å²) in [6, 6.07) is 14.2. The maximum absolute atomic E-state index is 13.5. The van der Waals surface area contributed by atoms with E-state index < -0.39 is 29.4 Å². The van der Waals surface area contributed by atoms with Crippen molar-refractivity contribution in [3.05, 3.63) is 77.6 Å². The van der Waals surface area contributed by atoms with Gasteiger partial charge in [-0.1, -0.05) is 18.2 Å². The molecule has 10 heteroatoms. The molecule has 1 heterocycles. The molecule has 0 saturated carbocycles. The van der Waals surface area contributed by atoms with E-state index in [4.69, 9.17) is 4.74 Å². The highest BCUT2D eigenvalue weighted by atomic mass is 19.4. The van der Waals surface area contributed by atoms with Crippen LogP contribution >= 0.6 is 0 Å². The number of carbonyl (C=O) groups is 2. The summed E-state index contributed by atoms with van der Waals surface area (Å²) >= 11 is 0. The van der Waals surface area contributed by atoms with Gasteiger partial charge >= 0.3 is 6.18 Å². The highest BCUT2D eigenvalue weighted by Gasteiger charge is 2.39. The summed E-state index contributed by atoms with van der Waals surface area (Å²) in [7, 11) is 0. The van der Waals surface area contributed by atoms with Crippen LogP contribution in [0.25, 0.3) is 5.69 Å². The zero-order valence-corrected chi connectivity index (χ0v) is 18.0. The Hall–Kier alpha value is -3.82. The van der Waals surface area contributed by atoms with Crippen LogP contribution in [0.15, 0.2) is 60.8 Å². The summed E-state index contributed by atoms with van der Waals surface area (Å²) in [5, 5.41) is 8.68. The van der Waals surface area contributed by atoms with Gasteiger partial charge in [0.2, 0.25) is 0 Å². The molecule has 0 aliphatic carbocycles. The predicted octanol–water partition coefficient (Wildman–Crippen LogP) is 3.84. The highest BCUT2D eigenvalue weighted by molar-refractivity contribution is 5.96. The number of para-hydroxylation sites is 1. The Bertz CT molecular complexity index is 1100. The van der Waals surface area contributed by atoms with Crippen molar-refractivity contribution in [1.82, 2.24) is 20.4 Å². The van der Waals surface area contributed by atoms with Crippen LogP contribution in [0.5, 0.6) is 5.75 Å². The van der Waals surface area contributed by atoms with Crippen molar-refractivity contribution >= 4 is 11.8 Å². The topological polar surface area (TPSA) is 85.3 Å². The number of aromatic nitrogens is 2. The quantitative estimate of drug-likeness (QED) is 0.535. The molecule has 33 heavy (non-hydrogen) atoms. The number of hydrogen-bond acceptors (Lipinski definition) is 4. The second-order valence-electron chi connectivity index (χ2n) is 7.21. The van der Waals surface area contributed by atoms with Crippen LogP contribution in [0.2, 0.25) is 0 Å². The third kappa shape index (κ3) is 6.12. The summed E-state index contributed by atoms with van der Waals surface area (Å²) < 4.78 is 46.7. The van der Waals surface area contributed by atoms with Gasteiger partial charge < -0.3 is 15.4 Å². The Morgan fingerprint density at radius 2 is 1.73 bits per heavy atom. The van der Waals surface area contributed by atoms with Gasteiger partial charge in [0, 0.05) is 24.3 Å². The first kappa shape index (κ1) is 23.8. The molecule has 0 fully saturated rings. The first-order chi connectivity index (χ1) is 15.7. The van der Waals surface area contributed by atoms with Crippen LogP contribution in [-0.4, -0.2) is 40.8 Å². The van der Waals surface area contributed by atoms with E-state index in [9.17, 15) is 22.8 Å². The van der Waals surface area contributed by atoms with Crippen LogP contribution in [0.1, 0.15) is 40.3 Å². The molecular weight excluding hydrogens is 437 g/mol. The van der Waals surface area contributed by atoms with Crippen molar-refractivity contribution < 1.29 is 27.5 Å². The summed E-state index contributed by atoms with van der Waals surface area (Å²) in [4.78, 5) is 24.9. The van der Waals surface area contributed by atoms with Gasteiger partial charge in [-0.25, -0.2) is 4.68 Å². The normalized spacial score (nSPS) is 12.2. The maximum Gasteiger partial charge on any atom is 0.435 e. The number of ether oxygens (including phenoxy) is 1. The molecule has 7 nitrogen and oxygen atoms in total. The Morgan fingerprint density at radius 3 is 2.33 bits per heavy atom. The maximum atomic E-state index is 13.5. The molecule has 0 spiro atoms. The van der Waals surface area contributed by atoms with Crippen molar-refractivity contribution in [1.29, 1.82) is 0 Å². The lowest BCUT2D eigenvalue weighted by atomic mass is 10.2. The van der Waals surface area contributed by atoms with Gasteiger partial charge in [0.25, 0.3) is 11.8 Å². The minimum atomic E-state index is -4.81. The molecular formula is C23H23F3N4O3. The molecule has 1 atom stereocenters. The third-order valence-electron chi connectivity index (χ3n) is 4.62. The van der Waals surface area contributed by atoms with Gasteiger partial charge in [-0.2, -0.15) is 18.3 Å². The van der Waals surface area contributed by atoms with Crippen LogP contribution in [-0.2, 0) is 6.18 Å². The molecule has 3 rings (SSSR count). The van der Waals surface area contributed by atoms with Crippen molar-refractivity contribution in [3.63, 3.8) is 0 Å². The summed E-state index contributed by atoms with van der Waals surface area (Å²) in [5.41, 5.74) is -1.11. The van der Waals surface area contributed by atoms with Crippen LogP contribution < -0.4 is 15.4 Å². The van der Waals surface area contributed by atoms with Gasteiger partial charge in [0.1, 0.15) is 5.75 Å². The van der Waals surface area contributed by atoms with E-state index in [0.717, 1.165) is 10.9 Å². The van der Waals surface area contributed by atoms with Crippen molar-refractivity contribution in [2.45, 2.75) is 26.1 Å². The first-order valence-corrected chi connectivity index (χ1v) is 10.2. The fraction of sp³-hybridized carbons (Fsp3) is 0.261. The Morgan fingerprint density at radius 1 is 1.06 bits per heavy atom. The Labute approximate surface area is 188 Å². The minimum absolute atomic E-state index is 0.0740. The monoisotopic (exact) mass is 460 g/mol. The molecule has 0 radical (unpaired) electrons. The predicted molar refractivity (Wildman–Crippen MR) is 115 cm³/mol. The van der Waals surface area contributed by atoms with Crippen molar-refractivity contribution in [3.8, 4) is 11.4 Å². The third-order valence-corrected chi connectivity index (χ3v) is 4.62. The molecule has 0 aliphatic heterocycles. The highest BCUT2D eigenvalue weighted by Crippen LogP contribution is 2.31. The zero-order valence-electron chi connectivity index (χ0n) is 18.0. The smallest absolute Gasteiger partial charge is 0.435 e. The van der Waals surface area contributed by atoms with Gasteiger partial charge in [-0.15, -0.1) is 0 Å². The molecule has 3 aromatic rings. The van der Waals surface area contributed by atoms with Crippen LogP contribution in [0.4, 0.5) is 13.2 Å². The lowest BCUT2D eigenvalue weighted by Crippen LogP contribution is -2.42. The molecule has 1 unspecified atom stereocenters. The number of nitrogens with zero attached hydrogens (tertiary/aromatic N) is 2. The largest absolute Gasteiger partial charge is 0.494 e. The number of benzene rings is 2. The van der Waals surface area contributed by atoms with Crippen LogP contribution in [0.3, 0.4) is 0 Å². The van der Waals surface area contributed by atoms with Gasteiger partial charge in [0.15, 0.2) is 5.69 Å². The second kappa shape index (κ2) is 10.2. The molecule has 1 aromatic heterocycles. The van der Waals surface area contributed by atoms with E-state index in [1.54, 1.807) is 61.5 Å². The van der Waals surface area contributed by atoms with Crippen molar-refractivity contribution in [2.75, 3.05) is 13.2 Å². The molecule has 2 N–H and O–H groups in total. The number of alkyl halides is 3. The molecule has 2 amide bonds. The SMILES string of the molecule is CCOc1ccc(C(=O)NC(C)CNC(=O)c2cn(-c3ccccc3)nc2C(F)(F)F)cc1. The summed E-state index contributed by atoms with van der Waals surface area (Å²) in [6.07, 6.45) is -3.77. The summed E-state index contributed by atoms with van der Waals surface area (Å²) in [6.45, 7) is 3.91. The number of nitrogens with one attached hydrogen (secondary N) is 2. The molecule has 0 saturated heterocycles. The Balaban J connectivity index is 1.65. The van der Waals surface area contributed by atoms with Gasteiger partial charge in [-0.3, -0.25) is 9.59 Å². The van der Waals surface area contributed by atoms with Crippen molar-refractivity contribution in [2.24, 2.45) is 0 Å². The van der Waals surface area contributed by atoms with Gasteiger partial charge in [0.05, 0.1) is 17.9 Å². The number of rotatable bonds is 8. The lowest BCUT2D eigenvalue weighted by molar-refractivity contribution is -0.141. The number of carbonyl (C=O) groups excluding carboxylic acids is 2. The lowest BCUT2D eigenvalue weighted by Gasteiger charge is -2.15. The van der Waals surface area contributed by atoms with E-state index in [-0.39, 0.29) is 12.5 Å². The number of amides is 2. The van der Waals surface area contributed by atoms with E-state index in [1.807, 2.05) is 6.92 Å². The number of hydrogen-bond donors (Lipinski definition) is 2. The molecule has 0 bridgehead atoms. The molecule has 2 aromatic carbocycles. The van der Waals surface area contributed by atoms with Crippen LogP contribution in [0, 0.1) is 0 Å². The fourth-order valence-corrected chi connectivity index (χ4v) is 3.03. The minimum Gasteiger partial charge on any atom is -0.494 e. The zero-order chi connectivity index (χ0) is 24.0.